The number of ketones is 1. The molecule has 19 heavy (non-hydrogen) atoms. The Morgan fingerprint density at radius 2 is 1.89 bits per heavy atom. The van der Waals surface area contributed by atoms with E-state index in [-0.39, 0.29) is 18.0 Å². The van der Waals surface area contributed by atoms with Crippen molar-refractivity contribution in [3.8, 4) is 0 Å². The maximum Gasteiger partial charge on any atom is 0.168 e. The van der Waals surface area contributed by atoms with Crippen LogP contribution in [0.4, 0.5) is 4.39 Å². The number of hydrogen-bond donors (Lipinski definition) is 0. The second-order valence-electron chi connectivity index (χ2n) is 3.96. The van der Waals surface area contributed by atoms with Crippen molar-refractivity contribution in [1.29, 1.82) is 0 Å². The van der Waals surface area contributed by atoms with E-state index in [4.69, 9.17) is 23.2 Å². The summed E-state index contributed by atoms with van der Waals surface area (Å²) in [6, 6.07) is 8.94. The van der Waals surface area contributed by atoms with Gasteiger partial charge >= 0.3 is 0 Å². The summed E-state index contributed by atoms with van der Waals surface area (Å²) < 4.78 is 13.5. The van der Waals surface area contributed by atoms with Crippen LogP contribution in [-0.4, -0.2) is 5.78 Å². The molecule has 0 amide bonds. The smallest absolute Gasteiger partial charge is 0.168 e. The average Bonchev–Trinajstić information content (AvgIpc) is 2.32. The molecule has 0 saturated carbocycles. The van der Waals surface area contributed by atoms with Crippen LogP contribution in [0.2, 0.25) is 10.0 Å². The maximum absolute atomic E-state index is 13.0. The van der Waals surface area contributed by atoms with Gasteiger partial charge in [-0.2, -0.15) is 0 Å². The van der Waals surface area contributed by atoms with Gasteiger partial charge in [-0.25, -0.2) is 4.39 Å². The zero-order chi connectivity index (χ0) is 14.0. The molecule has 0 atom stereocenters. The number of benzene rings is 2. The van der Waals surface area contributed by atoms with E-state index in [2.05, 4.69) is 15.9 Å². The first-order valence-corrected chi connectivity index (χ1v) is 6.94. The largest absolute Gasteiger partial charge is 0.294 e. The van der Waals surface area contributed by atoms with Crippen molar-refractivity contribution in [1.82, 2.24) is 0 Å². The summed E-state index contributed by atoms with van der Waals surface area (Å²) in [4.78, 5) is 12.1. The van der Waals surface area contributed by atoms with Gasteiger partial charge in [0.05, 0.1) is 5.02 Å². The molecule has 5 heteroatoms. The molecule has 2 rings (SSSR count). The molecule has 0 unspecified atom stereocenters. The van der Waals surface area contributed by atoms with Gasteiger partial charge in [-0.1, -0.05) is 45.2 Å². The highest BCUT2D eigenvalue weighted by atomic mass is 79.9. The van der Waals surface area contributed by atoms with Crippen molar-refractivity contribution >= 4 is 44.9 Å². The second kappa shape index (κ2) is 6.04. The van der Waals surface area contributed by atoms with Crippen LogP contribution in [0, 0.1) is 5.82 Å². The molecule has 0 N–H and O–H groups in total. The lowest BCUT2D eigenvalue weighted by Gasteiger charge is -2.06. The monoisotopic (exact) mass is 360 g/mol. The van der Waals surface area contributed by atoms with Gasteiger partial charge in [-0.15, -0.1) is 0 Å². The van der Waals surface area contributed by atoms with Gasteiger partial charge in [0.15, 0.2) is 5.78 Å². The van der Waals surface area contributed by atoms with Crippen molar-refractivity contribution in [2.75, 3.05) is 0 Å². The summed E-state index contributed by atoms with van der Waals surface area (Å²) >= 11 is 15.0. The fraction of sp³-hybridized carbons (Fsp3) is 0.0714. The van der Waals surface area contributed by atoms with Crippen LogP contribution in [0.5, 0.6) is 0 Å². The Morgan fingerprint density at radius 1 is 1.16 bits per heavy atom. The third-order valence-corrected chi connectivity index (χ3v) is 3.88. The number of rotatable bonds is 3. The molecule has 0 bridgehead atoms. The maximum atomic E-state index is 13.0. The van der Waals surface area contributed by atoms with Crippen molar-refractivity contribution in [3.63, 3.8) is 0 Å². The predicted octanol–water partition coefficient (Wildman–Crippen LogP) is 5.32. The van der Waals surface area contributed by atoms with Crippen LogP contribution >= 0.6 is 39.1 Å². The van der Waals surface area contributed by atoms with E-state index in [0.717, 1.165) is 0 Å². The van der Waals surface area contributed by atoms with Crippen molar-refractivity contribution in [2.24, 2.45) is 0 Å². The van der Waals surface area contributed by atoms with E-state index < -0.39 is 0 Å². The topological polar surface area (TPSA) is 17.1 Å². The SMILES string of the molecule is O=C(Cc1ccc(F)cc1Br)c1ccc(Cl)cc1Cl. The molecule has 0 spiro atoms. The van der Waals surface area contributed by atoms with E-state index in [1.54, 1.807) is 18.2 Å². The second-order valence-corrected chi connectivity index (χ2v) is 5.66. The van der Waals surface area contributed by atoms with Gasteiger partial charge in [0, 0.05) is 21.5 Å². The molecule has 0 aliphatic heterocycles. The van der Waals surface area contributed by atoms with E-state index in [9.17, 15) is 9.18 Å². The summed E-state index contributed by atoms with van der Waals surface area (Å²) in [5.41, 5.74) is 1.11. The van der Waals surface area contributed by atoms with E-state index in [1.807, 2.05) is 0 Å². The van der Waals surface area contributed by atoms with Crippen molar-refractivity contribution < 1.29 is 9.18 Å². The summed E-state index contributed by atoms with van der Waals surface area (Å²) in [7, 11) is 0. The highest BCUT2D eigenvalue weighted by molar-refractivity contribution is 9.10. The third-order valence-electron chi connectivity index (χ3n) is 2.60. The van der Waals surface area contributed by atoms with Crippen LogP contribution in [-0.2, 0) is 6.42 Å². The highest BCUT2D eigenvalue weighted by Gasteiger charge is 2.13. The minimum atomic E-state index is -0.354. The molecule has 0 radical (unpaired) electrons. The fourth-order valence-corrected chi connectivity index (χ4v) is 2.65. The van der Waals surface area contributed by atoms with E-state index >= 15 is 0 Å². The molecular weight excluding hydrogens is 354 g/mol. The van der Waals surface area contributed by atoms with Crippen LogP contribution in [0.1, 0.15) is 15.9 Å². The Balaban J connectivity index is 2.25. The van der Waals surface area contributed by atoms with Crippen LogP contribution < -0.4 is 0 Å². The Hall–Kier alpha value is -0.900. The first kappa shape index (κ1) is 14.5. The third kappa shape index (κ3) is 3.56. The molecular formula is C14H8BrCl2FO. The van der Waals surface area contributed by atoms with Gasteiger partial charge in [0.2, 0.25) is 0 Å². The normalized spacial score (nSPS) is 10.5. The lowest BCUT2D eigenvalue weighted by Crippen LogP contribution is -2.05. The quantitative estimate of drug-likeness (QED) is 0.676. The van der Waals surface area contributed by atoms with E-state index in [1.165, 1.54) is 18.2 Å². The zero-order valence-electron chi connectivity index (χ0n) is 9.59. The van der Waals surface area contributed by atoms with Crippen LogP contribution in [0.25, 0.3) is 0 Å². The Morgan fingerprint density at radius 3 is 2.53 bits per heavy atom. The van der Waals surface area contributed by atoms with Gasteiger partial charge in [-0.3, -0.25) is 4.79 Å². The predicted molar refractivity (Wildman–Crippen MR) is 78.6 cm³/mol. The number of Topliss-reactive ketones (excluding diaryl/α,β-unsaturated/α-hetero) is 1. The van der Waals surface area contributed by atoms with Crippen LogP contribution in [0.3, 0.4) is 0 Å². The van der Waals surface area contributed by atoms with Gasteiger partial charge in [0.1, 0.15) is 5.82 Å². The molecule has 0 aromatic heterocycles. The standard InChI is InChI=1S/C14H8BrCl2FO/c15-12-7-10(18)3-1-8(12)5-14(19)11-4-2-9(16)6-13(11)17/h1-4,6-7H,5H2. The minimum absolute atomic E-state index is 0.141. The molecule has 2 aromatic rings. The van der Waals surface area contributed by atoms with Crippen LogP contribution in [0.15, 0.2) is 40.9 Å². The molecule has 0 saturated heterocycles. The van der Waals surface area contributed by atoms with Crippen molar-refractivity contribution in [2.45, 2.75) is 6.42 Å². The first-order chi connectivity index (χ1) is 8.97. The Kier molecular flexibility index (Phi) is 4.61. The number of carbonyl (C=O) groups is 1. The zero-order valence-corrected chi connectivity index (χ0v) is 12.7. The summed E-state index contributed by atoms with van der Waals surface area (Å²) in [6.07, 6.45) is 0.141. The molecule has 1 nitrogen and oxygen atoms in total. The molecule has 98 valence electrons. The summed E-state index contributed by atoms with van der Waals surface area (Å²) in [6.45, 7) is 0. The molecule has 0 aliphatic rings. The summed E-state index contributed by atoms with van der Waals surface area (Å²) in [5, 5.41) is 0.792. The highest BCUT2D eigenvalue weighted by Crippen LogP contribution is 2.24. The first-order valence-electron chi connectivity index (χ1n) is 5.39. The fourth-order valence-electron chi connectivity index (χ4n) is 1.65. The lowest BCUT2D eigenvalue weighted by molar-refractivity contribution is 0.0993. The number of halogens is 4. The molecule has 0 aliphatic carbocycles. The minimum Gasteiger partial charge on any atom is -0.294 e. The number of carbonyl (C=O) groups excluding carboxylic acids is 1. The number of hydrogen-bond acceptors (Lipinski definition) is 1. The Labute approximate surface area is 128 Å². The van der Waals surface area contributed by atoms with E-state index in [0.29, 0.717) is 25.6 Å². The lowest BCUT2D eigenvalue weighted by atomic mass is 10.0. The van der Waals surface area contributed by atoms with Gasteiger partial charge in [0.25, 0.3) is 0 Å². The molecule has 0 fully saturated rings. The molecule has 0 heterocycles. The van der Waals surface area contributed by atoms with Gasteiger partial charge < -0.3 is 0 Å². The Bertz CT molecular complexity index is 643. The summed E-state index contributed by atoms with van der Waals surface area (Å²) in [5.74, 6) is -0.499. The average molecular weight is 362 g/mol. The van der Waals surface area contributed by atoms with Crippen molar-refractivity contribution in [3.05, 3.63) is 67.9 Å². The van der Waals surface area contributed by atoms with Gasteiger partial charge in [-0.05, 0) is 35.9 Å². The molecule has 2 aromatic carbocycles.